The van der Waals surface area contributed by atoms with Crippen molar-refractivity contribution in [2.45, 2.75) is 19.4 Å². The summed E-state index contributed by atoms with van der Waals surface area (Å²) in [4.78, 5) is 51.2. The van der Waals surface area contributed by atoms with Crippen LogP contribution in [0.15, 0.2) is 24.3 Å². The van der Waals surface area contributed by atoms with Crippen LogP contribution in [-0.4, -0.2) is 92.6 Å². The number of carbonyl (C=O) groups is 4. The molecule has 0 saturated carbocycles. The van der Waals surface area contributed by atoms with E-state index < -0.39 is 43.0 Å². The molecule has 1 saturated heterocycles. The highest BCUT2D eigenvalue weighted by Crippen LogP contribution is 2.12. The van der Waals surface area contributed by atoms with Gasteiger partial charge in [-0.15, -0.1) is 0 Å². The molecule has 13 heteroatoms. The quantitative estimate of drug-likeness (QED) is 0.202. The second-order valence-electron chi connectivity index (χ2n) is 6.85. The molecule has 0 spiro atoms. The molecule has 0 aromatic heterocycles. The fourth-order valence-electron chi connectivity index (χ4n) is 2.83. The van der Waals surface area contributed by atoms with Gasteiger partial charge in [-0.1, -0.05) is 12.1 Å². The van der Waals surface area contributed by atoms with Crippen LogP contribution in [0.25, 0.3) is 0 Å². The van der Waals surface area contributed by atoms with Gasteiger partial charge in [-0.3, -0.25) is 19.3 Å². The molecule has 12 nitrogen and oxygen atoms in total. The second kappa shape index (κ2) is 9.56. The molecule has 1 aromatic rings. The molecule has 2 rings (SSSR count). The van der Waals surface area contributed by atoms with Crippen molar-refractivity contribution in [3.05, 3.63) is 29.8 Å². The number of likely N-dealkylation sites (N-methyl/N-ethyl adjacent to an activating group) is 1. The lowest BCUT2D eigenvalue weighted by atomic mass is 9.81. The summed E-state index contributed by atoms with van der Waals surface area (Å²) < 4.78 is 0. The van der Waals surface area contributed by atoms with E-state index in [4.69, 9.17) is 15.1 Å². The van der Waals surface area contributed by atoms with Gasteiger partial charge in [0.25, 0.3) is 0 Å². The van der Waals surface area contributed by atoms with Crippen molar-refractivity contribution in [3.8, 4) is 5.75 Å². The zero-order chi connectivity index (χ0) is 22.5. The maximum atomic E-state index is 12.6. The predicted octanol–water partition coefficient (Wildman–Crippen LogP) is -2.73. The van der Waals surface area contributed by atoms with E-state index in [0.717, 1.165) is 0 Å². The minimum Gasteiger partial charge on any atom is -0.559 e. The number of hydrogen-bond donors (Lipinski definition) is 6. The number of phenols is 1. The standard InChI is InChI=1S/C17H24BN4O8/c1-2-21-7-8-22(16(26)15(21)25)17(27)20-13(14(24)19-10-18(28,29)30)9-11-3-5-12(23)6-4-11/h3-6,13,23,28-30H,2,7-10H2,1H3,(H,19,24)(H,20,27)/q-1/t13-/m1/s1. The Morgan fingerprint density at radius 2 is 1.73 bits per heavy atom. The third kappa shape index (κ3) is 6.17. The summed E-state index contributed by atoms with van der Waals surface area (Å²) in [7, 11) is 0. The normalized spacial score (nSPS) is 15.7. The van der Waals surface area contributed by atoms with Gasteiger partial charge >= 0.3 is 24.6 Å². The molecule has 0 aliphatic carbocycles. The van der Waals surface area contributed by atoms with Crippen LogP contribution < -0.4 is 10.6 Å². The third-order valence-electron chi connectivity index (χ3n) is 4.48. The molecule has 0 bridgehead atoms. The summed E-state index contributed by atoms with van der Waals surface area (Å²) in [6.45, 7) is -1.66. The molecular formula is C17H24BN4O8-. The van der Waals surface area contributed by atoms with Gasteiger partial charge in [0.15, 0.2) is 0 Å². The summed E-state index contributed by atoms with van der Waals surface area (Å²) in [6.07, 6.45) is -0.940. The van der Waals surface area contributed by atoms with Crippen molar-refractivity contribution in [2.75, 3.05) is 26.1 Å². The van der Waals surface area contributed by atoms with Crippen molar-refractivity contribution >= 4 is 30.5 Å². The van der Waals surface area contributed by atoms with Crippen molar-refractivity contribution in [2.24, 2.45) is 0 Å². The molecular weight excluding hydrogens is 399 g/mol. The Bertz CT molecular complexity index is 811. The molecule has 164 valence electrons. The Balaban J connectivity index is 2.13. The van der Waals surface area contributed by atoms with E-state index in [1.54, 1.807) is 6.92 Å². The molecule has 1 aliphatic heterocycles. The van der Waals surface area contributed by atoms with Crippen LogP contribution in [-0.2, 0) is 20.8 Å². The number of benzene rings is 1. The smallest absolute Gasteiger partial charge is 0.390 e. The number of phenolic OH excluding ortho intramolecular Hbond substituents is 1. The van der Waals surface area contributed by atoms with Crippen molar-refractivity contribution in [3.63, 3.8) is 0 Å². The summed E-state index contributed by atoms with van der Waals surface area (Å²) in [6, 6.07) is 3.54. The lowest BCUT2D eigenvalue weighted by Crippen LogP contribution is -2.61. The number of nitrogens with zero attached hydrogens (tertiary/aromatic N) is 2. The van der Waals surface area contributed by atoms with Crippen molar-refractivity contribution in [1.82, 2.24) is 20.4 Å². The summed E-state index contributed by atoms with van der Waals surface area (Å²) in [5.41, 5.74) is 0.542. The van der Waals surface area contributed by atoms with E-state index in [0.29, 0.717) is 17.0 Å². The van der Waals surface area contributed by atoms with Gasteiger partial charge in [-0.2, -0.15) is 0 Å². The van der Waals surface area contributed by atoms with Crippen LogP contribution in [0.5, 0.6) is 5.75 Å². The Morgan fingerprint density at radius 3 is 2.30 bits per heavy atom. The number of nitrogens with one attached hydrogen (secondary N) is 2. The lowest BCUT2D eigenvalue weighted by molar-refractivity contribution is -0.153. The minimum absolute atomic E-state index is 0.00461. The van der Waals surface area contributed by atoms with Crippen molar-refractivity contribution in [1.29, 1.82) is 0 Å². The lowest BCUT2D eigenvalue weighted by Gasteiger charge is -2.32. The molecule has 1 fully saturated rings. The predicted molar refractivity (Wildman–Crippen MR) is 104 cm³/mol. The minimum atomic E-state index is -3.79. The van der Waals surface area contributed by atoms with Crippen LogP contribution >= 0.6 is 0 Å². The molecule has 0 unspecified atom stereocenters. The molecule has 0 radical (unpaired) electrons. The fraction of sp³-hybridized carbons (Fsp3) is 0.412. The Morgan fingerprint density at radius 1 is 1.10 bits per heavy atom. The number of piperazine rings is 1. The monoisotopic (exact) mass is 423 g/mol. The average molecular weight is 423 g/mol. The van der Waals surface area contributed by atoms with E-state index in [1.807, 2.05) is 0 Å². The second-order valence-corrected chi connectivity index (χ2v) is 6.85. The van der Waals surface area contributed by atoms with Crippen LogP contribution in [0.2, 0.25) is 0 Å². The van der Waals surface area contributed by atoms with E-state index in [1.165, 1.54) is 29.2 Å². The highest BCUT2D eigenvalue weighted by atomic mass is 16.5. The van der Waals surface area contributed by atoms with Gasteiger partial charge in [-0.05, 0) is 31.1 Å². The van der Waals surface area contributed by atoms with Gasteiger partial charge < -0.3 is 35.7 Å². The van der Waals surface area contributed by atoms with Crippen LogP contribution in [0.4, 0.5) is 4.79 Å². The summed E-state index contributed by atoms with van der Waals surface area (Å²) in [5.74, 6) is -2.71. The van der Waals surface area contributed by atoms with Gasteiger partial charge in [0.2, 0.25) is 5.91 Å². The first-order valence-corrected chi connectivity index (χ1v) is 9.31. The Labute approximate surface area is 172 Å². The number of hydrogen-bond acceptors (Lipinski definition) is 8. The van der Waals surface area contributed by atoms with Gasteiger partial charge in [-0.25, -0.2) is 4.79 Å². The van der Waals surface area contributed by atoms with E-state index >= 15 is 0 Å². The first-order chi connectivity index (χ1) is 14.0. The van der Waals surface area contributed by atoms with Crippen molar-refractivity contribution < 1.29 is 39.4 Å². The number of amides is 5. The molecule has 1 atom stereocenters. The van der Waals surface area contributed by atoms with Crippen LogP contribution in [0.3, 0.4) is 0 Å². The third-order valence-corrected chi connectivity index (χ3v) is 4.48. The fourth-order valence-corrected chi connectivity index (χ4v) is 2.83. The van der Waals surface area contributed by atoms with Gasteiger partial charge in [0, 0.05) is 26.1 Å². The maximum Gasteiger partial charge on any atom is 0.390 e. The highest BCUT2D eigenvalue weighted by molar-refractivity contribution is 6.56. The molecule has 1 aliphatic rings. The Hall–Kier alpha value is -3.16. The largest absolute Gasteiger partial charge is 0.559 e. The number of aromatic hydroxyl groups is 1. The number of urea groups is 1. The summed E-state index contributed by atoms with van der Waals surface area (Å²) >= 11 is 0. The number of carbonyl (C=O) groups excluding carboxylic acids is 4. The molecule has 1 heterocycles. The Kier molecular flexibility index (Phi) is 7.37. The zero-order valence-corrected chi connectivity index (χ0v) is 16.3. The zero-order valence-electron chi connectivity index (χ0n) is 16.3. The van der Waals surface area contributed by atoms with Gasteiger partial charge in [0.1, 0.15) is 11.8 Å². The van der Waals surface area contributed by atoms with E-state index in [-0.39, 0.29) is 25.3 Å². The molecule has 30 heavy (non-hydrogen) atoms. The van der Waals surface area contributed by atoms with E-state index in [9.17, 15) is 24.3 Å². The summed E-state index contributed by atoms with van der Waals surface area (Å²) in [5, 5.41) is 40.9. The average Bonchev–Trinajstić information content (AvgIpc) is 2.68. The topological polar surface area (TPSA) is 180 Å². The number of imide groups is 1. The number of rotatable bonds is 7. The van der Waals surface area contributed by atoms with E-state index in [2.05, 4.69) is 10.6 Å². The first-order valence-electron chi connectivity index (χ1n) is 9.31. The highest BCUT2D eigenvalue weighted by Gasteiger charge is 2.36. The maximum absolute atomic E-state index is 12.6. The van der Waals surface area contributed by atoms with Crippen LogP contribution in [0, 0.1) is 0 Å². The van der Waals surface area contributed by atoms with Crippen LogP contribution in [0.1, 0.15) is 12.5 Å². The molecule has 5 amide bonds. The molecule has 6 N–H and O–H groups in total. The SMILES string of the molecule is CCN1CCN(C(=O)N[C@H](Cc2ccc(O)cc2)C(=O)NC[B-](O)(O)O)C(=O)C1=O. The molecule has 1 aromatic carbocycles. The first kappa shape index (κ1) is 23.1. The van der Waals surface area contributed by atoms with Gasteiger partial charge in [0.05, 0.1) is 0 Å².